The van der Waals surface area contributed by atoms with Gasteiger partial charge < -0.3 is 10.3 Å². The molecule has 7 rings (SSSR count). The lowest BCUT2D eigenvalue weighted by Gasteiger charge is -2.56. The second-order valence-corrected chi connectivity index (χ2v) is 10.5. The lowest BCUT2D eigenvalue weighted by atomic mass is 9.52. The first-order chi connectivity index (χ1) is 15.6. The largest absolute Gasteiger partial charge is 0.364 e. The second-order valence-electron chi connectivity index (χ2n) is 9.51. The molecule has 2 N–H and O–H groups in total. The third-order valence-corrected chi connectivity index (χ3v) is 8.29. The fraction of sp³-hybridized carbons (Fsp3) is 0.458. The highest BCUT2D eigenvalue weighted by molar-refractivity contribution is 7.99. The maximum absolute atomic E-state index is 12.7. The summed E-state index contributed by atoms with van der Waals surface area (Å²) in [6.45, 7) is 2.02. The first-order valence-electron chi connectivity index (χ1n) is 11.3. The monoisotopic (exact) mass is 447 g/mol. The molecule has 2 atom stereocenters. The molecule has 0 radical (unpaired) electrons. The van der Waals surface area contributed by atoms with Crippen LogP contribution in [0.5, 0.6) is 0 Å². The third-order valence-electron chi connectivity index (χ3n) is 7.44. The van der Waals surface area contributed by atoms with Crippen LogP contribution in [0, 0.1) is 17.8 Å². The van der Waals surface area contributed by atoms with E-state index in [2.05, 4.69) is 15.3 Å². The van der Waals surface area contributed by atoms with Crippen LogP contribution >= 0.6 is 11.8 Å². The zero-order valence-electron chi connectivity index (χ0n) is 17.9. The Morgan fingerprint density at radius 2 is 2.06 bits per heavy atom. The predicted octanol–water partition coefficient (Wildman–Crippen LogP) is 4.44. The van der Waals surface area contributed by atoms with Crippen molar-refractivity contribution in [3.8, 4) is 0 Å². The van der Waals surface area contributed by atoms with E-state index in [1.54, 1.807) is 12.4 Å². The van der Waals surface area contributed by atoms with Gasteiger partial charge in [0.25, 0.3) is 0 Å². The number of carbonyl (C=O) groups excluding carboxylic acids is 2. The molecule has 4 aliphatic carbocycles. The minimum atomic E-state index is -0.133. The number of aromatic nitrogens is 4. The van der Waals surface area contributed by atoms with E-state index in [0.29, 0.717) is 40.3 Å². The van der Waals surface area contributed by atoms with Crippen molar-refractivity contribution in [1.82, 2.24) is 19.9 Å². The number of H-pyrrole nitrogens is 1. The SMILES string of the molecule is CCc1[nH]c2nc(Sc3cccnc3)nc(NC34CC5CC(C3)C(=O)C(C5)C4)c2c1C=O. The van der Waals surface area contributed by atoms with Gasteiger partial charge in [0, 0.05) is 45.9 Å². The Balaban J connectivity index is 1.45. The van der Waals surface area contributed by atoms with Gasteiger partial charge >= 0.3 is 0 Å². The molecular formula is C24H25N5O2S. The number of aromatic amines is 1. The second kappa shape index (κ2) is 7.40. The Morgan fingerprint density at radius 3 is 2.75 bits per heavy atom. The fourth-order valence-corrected chi connectivity index (χ4v) is 7.10. The van der Waals surface area contributed by atoms with Crippen LogP contribution in [0.4, 0.5) is 5.82 Å². The summed E-state index contributed by atoms with van der Waals surface area (Å²) in [5.74, 6) is 2.09. The van der Waals surface area contributed by atoms with E-state index in [9.17, 15) is 9.59 Å². The molecule has 0 spiro atoms. The van der Waals surface area contributed by atoms with E-state index in [1.807, 2.05) is 19.1 Å². The molecular weight excluding hydrogens is 422 g/mol. The van der Waals surface area contributed by atoms with E-state index in [4.69, 9.17) is 9.97 Å². The van der Waals surface area contributed by atoms with Crippen molar-refractivity contribution in [3.63, 3.8) is 0 Å². The Kier molecular flexibility index (Phi) is 4.61. The van der Waals surface area contributed by atoms with E-state index >= 15 is 0 Å². The van der Waals surface area contributed by atoms with Crippen LogP contribution in [0.2, 0.25) is 0 Å². The summed E-state index contributed by atoms with van der Waals surface area (Å²) in [5, 5.41) is 5.14. The quantitative estimate of drug-likeness (QED) is 0.426. The third kappa shape index (κ3) is 3.15. The molecule has 4 aliphatic rings. The number of carbonyl (C=O) groups is 2. The van der Waals surface area contributed by atoms with Gasteiger partial charge in [0.2, 0.25) is 0 Å². The predicted molar refractivity (Wildman–Crippen MR) is 122 cm³/mol. The van der Waals surface area contributed by atoms with Crippen LogP contribution in [0.1, 0.15) is 55.1 Å². The molecule has 3 aromatic heterocycles. The van der Waals surface area contributed by atoms with E-state index in [-0.39, 0.29) is 17.4 Å². The normalized spacial score (nSPS) is 28.4. The topological polar surface area (TPSA) is 101 Å². The van der Waals surface area contributed by atoms with Crippen molar-refractivity contribution in [1.29, 1.82) is 0 Å². The number of Topliss-reactive ketones (excluding diaryl/α,β-unsaturated/α-hetero) is 1. The number of rotatable bonds is 6. The lowest BCUT2D eigenvalue weighted by molar-refractivity contribution is -0.140. The Hall–Kier alpha value is -2.74. The van der Waals surface area contributed by atoms with Gasteiger partial charge in [0.05, 0.1) is 5.39 Å². The standard InChI is InChI=1S/C24H25N5O2S/c1-2-18-17(12-30)19-21(26-18)27-23(32-16-4-3-5-25-11-16)28-22(19)29-24-8-13-6-14(9-24)20(31)15(7-13)10-24/h3-5,11-15H,2,6-10H2,1H3,(H2,26,27,28,29). The molecule has 0 amide bonds. The van der Waals surface area contributed by atoms with Crippen molar-refractivity contribution in [2.24, 2.45) is 17.8 Å². The van der Waals surface area contributed by atoms with Gasteiger partial charge in [0.1, 0.15) is 17.2 Å². The molecule has 164 valence electrons. The smallest absolute Gasteiger partial charge is 0.196 e. The zero-order valence-corrected chi connectivity index (χ0v) is 18.7. The number of anilines is 1. The van der Waals surface area contributed by atoms with Crippen LogP contribution in [0.15, 0.2) is 34.6 Å². The van der Waals surface area contributed by atoms with Gasteiger partial charge in [-0.3, -0.25) is 14.6 Å². The Morgan fingerprint density at radius 1 is 1.25 bits per heavy atom. The number of hydrogen-bond donors (Lipinski definition) is 2. The van der Waals surface area contributed by atoms with Crippen molar-refractivity contribution in [2.45, 2.75) is 61.0 Å². The molecule has 3 aromatic rings. The summed E-state index contributed by atoms with van der Waals surface area (Å²) in [6.07, 6.45) is 9.99. The number of aldehydes is 1. The Bertz CT molecular complexity index is 1210. The highest BCUT2D eigenvalue weighted by atomic mass is 32.2. The summed E-state index contributed by atoms with van der Waals surface area (Å²) in [4.78, 5) is 42.8. The highest BCUT2D eigenvalue weighted by Crippen LogP contribution is 2.55. The summed E-state index contributed by atoms with van der Waals surface area (Å²) in [6, 6.07) is 3.87. The van der Waals surface area contributed by atoms with E-state index in [0.717, 1.165) is 54.4 Å². The molecule has 8 heteroatoms. The maximum atomic E-state index is 12.7. The zero-order chi connectivity index (χ0) is 21.9. The summed E-state index contributed by atoms with van der Waals surface area (Å²) in [5.41, 5.74) is 2.04. The van der Waals surface area contributed by atoms with Crippen molar-refractivity contribution < 1.29 is 9.59 Å². The first kappa shape index (κ1) is 19.9. The number of aryl methyl sites for hydroxylation is 1. The molecule has 4 fully saturated rings. The minimum absolute atomic E-state index is 0.133. The van der Waals surface area contributed by atoms with Crippen molar-refractivity contribution >= 4 is 40.7 Å². The summed E-state index contributed by atoms with van der Waals surface area (Å²) < 4.78 is 0. The molecule has 2 unspecified atom stereocenters. The lowest BCUT2D eigenvalue weighted by Crippen LogP contribution is -2.58. The molecule has 0 saturated heterocycles. The van der Waals surface area contributed by atoms with Gasteiger partial charge in [-0.05, 0) is 68.3 Å². The van der Waals surface area contributed by atoms with Crippen molar-refractivity contribution in [2.75, 3.05) is 5.32 Å². The number of pyridine rings is 1. The maximum Gasteiger partial charge on any atom is 0.196 e. The molecule has 0 aromatic carbocycles. The van der Waals surface area contributed by atoms with Crippen LogP contribution in [-0.2, 0) is 11.2 Å². The van der Waals surface area contributed by atoms with Crippen molar-refractivity contribution in [3.05, 3.63) is 35.8 Å². The van der Waals surface area contributed by atoms with Gasteiger partial charge in [0.15, 0.2) is 11.4 Å². The van der Waals surface area contributed by atoms with Crippen LogP contribution < -0.4 is 5.32 Å². The number of fused-ring (bicyclic) bond motifs is 1. The molecule has 4 bridgehead atoms. The highest BCUT2D eigenvalue weighted by Gasteiger charge is 2.55. The molecule has 0 aliphatic heterocycles. The van der Waals surface area contributed by atoms with Gasteiger partial charge in [-0.1, -0.05) is 6.92 Å². The average Bonchev–Trinajstić information content (AvgIpc) is 3.15. The minimum Gasteiger partial charge on any atom is -0.364 e. The number of ketones is 1. The summed E-state index contributed by atoms with van der Waals surface area (Å²) in [7, 11) is 0. The molecule has 32 heavy (non-hydrogen) atoms. The number of nitrogens with zero attached hydrogens (tertiary/aromatic N) is 3. The number of nitrogens with one attached hydrogen (secondary N) is 2. The van der Waals surface area contributed by atoms with Gasteiger partial charge in [-0.2, -0.15) is 0 Å². The van der Waals surface area contributed by atoms with Crippen LogP contribution in [-0.4, -0.2) is 37.5 Å². The van der Waals surface area contributed by atoms with Gasteiger partial charge in [-0.15, -0.1) is 0 Å². The first-order valence-corrected chi connectivity index (χ1v) is 12.2. The average molecular weight is 448 g/mol. The van der Waals surface area contributed by atoms with Crippen LogP contribution in [0.3, 0.4) is 0 Å². The van der Waals surface area contributed by atoms with Gasteiger partial charge in [-0.25, -0.2) is 9.97 Å². The van der Waals surface area contributed by atoms with Crippen LogP contribution in [0.25, 0.3) is 11.0 Å². The van der Waals surface area contributed by atoms with E-state index < -0.39 is 0 Å². The number of hydrogen-bond acceptors (Lipinski definition) is 7. The summed E-state index contributed by atoms with van der Waals surface area (Å²) >= 11 is 1.45. The van der Waals surface area contributed by atoms with E-state index in [1.165, 1.54) is 11.8 Å². The molecule has 3 heterocycles. The Labute approximate surface area is 190 Å². The fourth-order valence-electron chi connectivity index (χ4n) is 6.36. The molecule has 4 saturated carbocycles. The molecule has 7 nitrogen and oxygen atoms in total.